The molecule has 4 rings (SSSR count). The molecule has 26 heavy (non-hydrogen) atoms. The van der Waals surface area contributed by atoms with Gasteiger partial charge in [0.15, 0.2) is 11.5 Å². The van der Waals surface area contributed by atoms with Crippen molar-refractivity contribution < 1.29 is 19.1 Å². The highest BCUT2D eigenvalue weighted by Gasteiger charge is 2.28. The van der Waals surface area contributed by atoms with E-state index in [2.05, 4.69) is 12.2 Å². The number of ether oxygens (including phenoxy) is 2. The van der Waals surface area contributed by atoms with Crippen molar-refractivity contribution in [3.05, 3.63) is 39.8 Å². The summed E-state index contributed by atoms with van der Waals surface area (Å²) in [5.41, 5.74) is 7.54. The van der Waals surface area contributed by atoms with Crippen LogP contribution in [0.1, 0.15) is 50.9 Å². The predicted octanol–water partition coefficient (Wildman–Crippen LogP) is 3.34. The number of carbonyl (C=O) groups excluding carboxylic acids is 2. The van der Waals surface area contributed by atoms with Crippen LogP contribution in [-0.2, 0) is 12.8 Å². The number of nitrogens with one attached hydrogen (secondary N) is 1. The minimum atomic E-state index is -0.488. The Hall–Kier alpha value is -2.54. The lowest BCUT2D eigenvalue weighted by Crippen LogP contribution is -2.19. The summed E-state index contributed by atoms with van der Waals surface area (Å²) in [4.78, 5) is 25.9. The molecule has 0 fully saturated rings. The van der Waals surface area contributed by atoms with E-state index in [0.717, 1.165) is 36.1 Å². The van der Waals surface area contributed by atoms with E-state index in [0.29, 0.717) is 33.5 Å². The Balaban J connectivity index is 1.62. The van der Waals surface area contributed by atoms with Crippen LogP contribution in [-0.4, -0.2) is 18.6 Å². The minimum Gasteiger partial charge on any atom is -0.454 e. The molecule has 136 valence electrons. The van der Waals surface area contributed by atoms with Crippen LogP contribution < -0.4 is 20.5 Å². The molecule has 2 aliphatic rings. The third-order valence-electron chi connectivity index (χ3n) is 5.05. The number of thiophene rings is 1. The van der Waals surface area contributed by atoms with Gasteiger partial charge in [-0.15, -0.1) is 11.3 Å². The molecule has 7 heteroatoms. The monoisotopic (exact) mass is 372 g/mol. The maximum atomic E-state index is 12.7. The van der Waals surface area contributed by atoms with Gasteiger partial charge in [-0.1, -0.05) is 13.3 Å². The number of amides is 2. The molecule has 0 saturated carbocycles. The fraction of sp³-hybridized carbons (Fsp3) is 0.368. The Morgan fingerprint density at radius 3 is 2.88 bits per heavy atom. The number of primary amides is 1. The normalized spacial score (nSPS) is 17.7. The molecule has 0 spiro atoms. The first-order chi connectivity index (χ1) is 12.6. The zero-order chi connectivity index (χ0) is 18.3. The van der Waals surface area contributed by atoms with Crippen LogP contribution in [0.3, 0.4) is 0 Å². The van der Waals surface area contributed by atoms with Gasteiger partial charge in [0.1, 0.15) is 5.00 Å². The number of hydrogen-bond donors (Lipinski definition) is 2. The van der Waals surface area contributed by atoms with Crippen LogP contribution in [0.15, 0.2) is 18.2 Å². The van der Waals surface area contributed by atoms with Gasteiger partial charge >= 0.3 is 0 Å². The second-order valence-electron chi connectivity index (χ2n) is 6.61. The quantitative estimate of drug-likeness (QED) is 0.861. The number of fused-ring (bicyclic) bond motifs is 2. The van der Waals surface area contributed by atoms with Crippen molar-refractivity contribution in [3.63, 3.8) is 0 Å². The molecule has 1 aromatic carbocycles. The van der Waals surface area contributed by atoms with Gasteiger partial charge in [-0.25, -0.2) is 0 Å². The third-order valence-corrected chi connectivity index (χ3v) is 6.22. The zero-order valence-corrected chi connectivity index (χ0v) is 15.3. The lowest BCUT2D eigenvalue weighted by atomic mass is 9.85. The molecule has 2 aromatic rings. The van der Waals surface area contributed by atoms with Gasteiger partial charge in [0, 0.05) is 10.4 Å². The van der Waals surface area contributed by atoms with Crippen molar-refractivity contribution >= 4 is 28.2 Å². The van der Waals surface area contributed by atoms with Gasteiger partial charge in [-0.05, 0) is 48.9 Å². The average molecular weight is 372 g/mol. The van der Waals surface area contributed by atoms with Gasteiger partial charge in [0.2, 0.25) is 6.79 Å². The van der Waals surface area contributed by atoms with Crippen molar-refractivity contribution in [2.24, 2.45) is 11.7 Å². The number of carbonyl (C=O) groups is 2. The highest BCUT2D eigenvalue weighted by atomic mass is 32.1. The fourth-order valence-corrected chi connectivity index (χ4v) is 4.93. The number of nitrogens with two attached hydrogens (primary N) is 1. The Bertz CT molecular complexity index is 890. The summed E-state index contributed by atoms with van der Waals surface area (Å²) in [5.74, 6) is 1.01. The van der Waals surface area contributed by atoms with Crippen LogP contribution in [0.4, 0.5) is 5.00 Å². The molecule has 6 nitrogen and oxygen atoms in total. The van der Waals surface area contributed by atoms with Gasteiger partial charge in [-0.2, -0.15) is 0 Å². The average Bonchev–Trinajstić information content (AvgIpc) is 3.23. The van der Waals surface area contributed by atoms with Gasteiger partial charge in [-0.3, -0.25) is 9.59 Å². The van der Waals surface area contributed by atoms with Crippen molar-refractivity contribution in [1.29, 1.82) is 0 Å². The highest BCUT2D eigenvalue weighted by molar-refractivity contribution is 7.17. The van der Waals surface area contributed by atoms with E-state index >= 15 is 0 Å². The summed E-state index contributed by atoms with van der Waals surface area (Å²) < 4.78 is 10.6. The molecule has 0 bridgehead atoms. The lowest BCUT2D eigenvalue weighted by Gasteiger charge is -2.20. The van der Waals surface area contributed by atoms with Crippen molar-refractivity contribution in [2.45, 2.75) is 32.6 Å². The Labute approximate surface area is 155 Å². The SMILES string of the molecule is CCC1CCc2c(sc(NC(=O)c3ccc4c(c3)OCO4)c2C(N)=O)C1. The Morgan fingerprint density at radius 2 is 2.12 bits per heavy atom. The van der Waals surface area contributed by atoms with E-state index in [9.17, 15) is 9.59 Å². The fourth-order valence-electron chi connectivity index (χ4n) is 3.56. The number of anilines is 1. The second kappa shape index (κ2) is 6.64. The van der Waals surface area contributed by atoms with Crippen LogP contribution in [0.5, 0.6) is 11.5 Å². The van der Waals surface area contributed by atoms with Crippen LogP contribution >= 0.6 is 11.3 Å². The Kier molecular flexibility index (Phi) is 4.32. The predicted molar refractivity (Wildman–Crippen MR) is 99.2 cm³/mol. The molecule has 3 N–H and O–H groups in total. The summed E-state index contributed by atoms with van der Waals surface area (Å²) in [7, 11) is 0. The molecular weight excluding hydrogens is 352 g/mol. The summed E-state index contributed by atoms with van der Waals surface area (Å²) in [5, 5.41) is 3.42. The highest BCUT2D eigenvalue weighted by Crippen LogP contribution is 2.40. The molecule has 1 aliphatic carbocycles. The summed E-state index contributed by atoms with van der Waals surface area (Å²) in [6.45, 7) is 2.34. The second-order valence-corrected chi connectivity index (χ2v) is 7.72. The molecule has 1 atom stereocenters. The van der Waals surface area contributed by atoms with Crippen molar-refractivity contribution in [3.8, 4) is 11.5 Å². The summed E-state index contributed by atoms with van der Waals surface area (Å²) >= 11 is 1.47. The molecule has 2 amide bonds. The van der Waals surface area contributed by atoms with E-state index in [-0.39, 0.29) is 12.7 Å². The Morgan fingerprint density at radius 1 is 1.31 bits per heavy atom. The number of rotatable bonds is 4. The first-order valence-electron chi connectivity index (χ1n) is 8.72. The van der Waals surface area contributed by atoms with Crippen molar-refractivity contribution in [1.82, 2.24) is 0 Å². The number of hydrogen-bond acceptors (Lipinski definition) is 5. The topological polar surface area (TPSA) is 90.7 Å². The van der Waals surface area contributed by atoms with Crippen LogP contribution in [0, 0.1) is 5.92 Å². The van der Waals surface area contributed by atoms with Gasteiger partial charge in [0.25, 0.3) is 11.8 Å². The molecule has 0 radical (unpaired) electrons. The van der Waals surface area contributed by atoms with Gasteiger partial charge < -0.3 is 20.5 Å². The zero-order valence-electron chi connectivity index (χ0n) is 14.5. The van der Waals surface area contributed by atoms with Crippen LogP contribution in [0.25, 0.3) is 0 Å². The first-order valence-corrected chi connectivity index (χ1v) is 9.53. The largest absolute Gasteiger partial charge is 0.454 e. The maximum absolute atomic E-state index is 12.7. The molecule has 1 aliphatic heterocycles. The summed E-state index contributed by atoms with van der Waals surface area (Å²) in [6, 6.07) is 5.02. The molecule has 0 saturated heterocycles. The lowest BCUT2D eigenvalue weighted by molar-refractivity contribution is 0.1000. The van der Waals surface area contributed by atoms with Crippen LogP contribution in [0.2, 0.25) is 0 Å². The number of benzene rings is 1. The standard InChI is InChI=1S/C19H20N2O4S/c1-2-10-3-5-12-15(7-10)26-19(16(12)17(20)22)21-18(23)11-4-6-13-14(8-11)25-9-24-13/h4,6,8,10H,2-3,5,7,9H2,1H3,(H2,20,22)(H,21,23). The molecule has 1 aromatic heterocycles. The molecular formula is C19H20N2O4S. The van der Waals surface area contributed by atoms with E-state index in [1.165, 1.54) is 11.3 Å². The smallest absolute Gasteiger partial charge is 0.256 e. The first kappa shape index (κ1) is 16.9. The molecule has 1 unspecified atom stereocenters. The maximum Gasteiger partial charge on any atom is 0.256 e. The summed E-state index contributed by atoms with van der Waals surface area (Å²) in [6.07, 6.45) is 3.94. The van der Waals surface area contributed by atoms with Gasteiger partial charge in [0.05, 0.1) is 5.56 Å². The van der Waals surface area contributed by atoms with E-state index < -0.39 is 5.91 Å². The van der Waals surface area contributed by atoms with E-state index in [4.69, 9.17) is 15.2 Å². The molecule has 2 heterocycles. The third kappa shape index (κ3) is 2.92. The van der Waals surface area contributed by atoms with Crippen molar-refractivity contribution in [2.75, 3.05) is 12.1 Å². The minimum absolute atomic E-state index is 0.155. The van der Waals surface area contributed by atoms with E-state index in [1.54, 1.807) is 18.2 Å². The van der Waals surface area contributed by atoms with E-state index in [1.807, 2.05) is 0 Å².